The zero-order valence-electron chi connectivity index (χ0n) is 13.5. The van der Waals surface area contributed by atoms with Crippen LogP contribution in [0.4, 0.5) is 0 Å². The van der Waals surface area contributed by atoms with Gasteiger partial charge in [0.05, 0.1) is 13.2 Å². The van der Waals surface area contributed by atoms with Crippen molar-refractivity contribution in [2.45, 2.75) is 58.2 Å². The highest BCUT2D eigenvalue weighted by Crippen LogP contribution is 2.52. The number of hydrogen-bond acceptors (Lipinski definition) is 3. The molecule has 0 amide bonds. The Labute approximate surface area is 127 Å². The molecular formula is C18H26O3. The summed E-state index contributed by atoms with van der Waals surface area (Å²) >= 11 is 0. The average molecular weight is 290 g/mol. The van der Waals surface area contributed by atoms with Gasteiger partial charge >= 0.3 is 0 Å². The van der Waals surface area contributed by atoms with Crippen LogP contribution in [0.3, 0.4) is 0 Å². The van der Waals surface area contributed by atoms with Crippen molar-refractivity contribution in [3.63, 3.8) is 0 Å². The van der Waals surface area contributed by atoms with Crippen LogP contribution in [-0.4, -0.2) is 17.8 Å². The van der Waals surface area contributed by atoms with Crippen molar-refractivity contribution in [3.8, 4) is 11.5 Å². The number of fused-ring (bicyclic) bond motifs is 1. The number of hydrogen-bond donors (Lipinski definition) is 1. The van der Waals surface area contributed by atoms with Crippen LogP contribution in [0.2, 0.25) is 0 Å². The maximum absolute atomic E-state index is 10.6. The van der Waals surface area contributed by atoms with Gasteiger partial charge in [-0.25, -0.2) is 0 Å². The standard InChI is InChI=1S/C18H26O3/c1-12-8-17(2,3)11-18(9-12)10-15(19)14-6-5-13(20-4)7-16(14)21-18/h5-7,12,15,19H,8-11H2,1-4H3/t12?,15-,18?/m1/s1. The van der Waals surface area contributed by atoms with Crippen LogP contribution in [0.25, 0.3) is 0 Å². The Hall–Kier alpha value is -1.22. The summed E-state index contributed by atoms with van der Waals surface area (Å²) in [5.74, 6) is 2.19. The number of rotatable bonds is 1. The van der Waals surface area contributed by atoms with E-state index in [-0.39, 0.29) is 11.0 Å². The summed E-state index contributed by atoms with van der Waals surface area (Å²) < 4.78 is 11.7. The fraction of sp³-hybridized carbons (Fsp3) is 0.667. The molecular weight excluding hydrogens is 264 g/mol. The van der Waals surface area contributed by atoms with Gasteiger partial charge in [-0.05, 0) is 42.7 Å². The second-order valence-electron chi connectivity index (χ2n) is 7.76. The molecule has 116 valence electrons. The molecule has 21 heavy (non-hydrogen) atoms. The molecule has 1 N–H and O–H groups in total. The van der Waals surface area contributed by atoms with E-state index in [2.05, 4.69) is 20.8 Å². The van der Waals surface area contributed by atoms with Crippen molar-refractivity contribution < 1.29 is 14.6 Å². The SMILES string of the molecule is COc1ccc2c(c1)OC1(CC(C)CC(C)(C)C1)C[C@H]2O. The Balaban J connectivity index is 1.96. The number of aliphatic hydroxyl groups is 1. The molecule has 1 aromatic rings. The predicted octanol–water partition coefficient (Wildman–Crippen LogP) is 4.10. The van der Waals surface area contributed by atoms with Gasteiger partial charge < -0.3 is 14.6 Å². The second-order valence-corrected chi connectivity index (χ2v) is 7.76. The first kappa shape index (κ1) is 14.7. The Kier molecular flexibility index (Phi) is 3.44. The summed E-state index contributed by atoms with van der Waals surface area (Å²) in [6, 6.07) is 5.71. The Morgan fingerprint density at radius 1 is 1.24 bits per heavy atom. The highest BCUT2D eigenvalue weighted by atomic mass is 16.5. The van der Waals surface area contributed by atoms with E-state index in [4.69, 9.17) is 9.47 Å². The minimum Gasteiger partial charge on any atom is -0.497 e. The molecule has 1 fully saturated rings. The third kappa shape index (κ3) is 2.76. The maximum atomic E-state index is 10.6. The van der Waals surface area contributed by atoms with Crippen LogP contribution in [0.5, 0.6) is 11.5 Å². The van der Waals surface area contributed by atoms with Crippen molar-refractivity contribution in [2.24, 2.45) is 11.3 Å². The number of benzene rings is 1. The van der Waals surface area contributed by atoms with Gasteiger partial charge in [-0.1, -0.05) is 20.8 Å². The maximum Gasteiger partial charge on any atom is 0.129 e. The van der Waals surface area contributed by atoms with Crippen LogP contribution >= 0.6 is 0 Å². The van der Waals surface area contributed by atoms with Gasteiger partial charge in [0, 0.05) is 18.1 Å². The van der Waals surface area contributed by atoms with Gasteiger partial charge in [0.15, 0.2) is 0 Å². The molecule has 1 spiro atoms. The topological polar surface area (TPSA) is 38.7 Å². The van der Waals surface area contributed by atoms with E-state index in [9.17, 15) is 5.11 Å². The van der Waals surface area contributed by atoms with Gasteiger partial charge in [-0.15, -0.1) is 0 Å². The first-order valence-corrected chi connectivity index (χ1v) is 7.88. The molecule has 1 saturated carbocycles. The van der Waals surface area contributed by atoms with Crippen LogP contribution in [0.1, 0.15) is 58.1 Å². The van der Waals surface area contributed by atoms with Crippen molar-refractivity contribution in [2.75, 3.05) is 7.11 Å². The lowest BCUT2D eigenvalue weighted by atomic mass is 9.63. The molecule has 2 unspecified atom stereocenters. The number of ether oxygens (including phenoxy) is 2. The minimum atomic E-state index is -0.444. The zero-order valence-corrected chi connectivity index (χ0v) is 13.5. The Bertz CT molecular complexity index is 537. The third-order valence-corrected chi connectivity index (χ3v) is 4.89. The molecule has 1 aliphatic heterocycles. The molecule has 3 rings (SSSR count). The van der Waals surface area contributed by atoms with E-state index in [0.717, 1.165) is 29.9 Å². The summed E-state index contributed by atoms with van der Waals surface area (Å²) in [6.07, 6.45) is 3.49. The highest BCUT2D eigenvalue weighted by Gasteiger charge is 2.48. The van der Waals surface area contributed by atoms with Crippen molar-refractivity contribution in [1.29, 1.82) is 0 Å². The lowest BCUT2D eigenvalue weighted by Gasteiger charge is -2.50. The first-order chi connectivity index (χ1) is 9.82. The molecule has 1 aliphatic carbocycles. The molecule has 2 aliphatic rings. The van der Waals surface area contributed by atoms with Gasteiger partial charge in [0.2, 0.25) is 0 Å². The molecule has 0 aromatic heterocycles. The number of methoxy groups -OCH3 is 1. The van der Waals surface area contributed by atoms with Crippen LogP contribution in [0, 0.1) is 11.3 Å². The van der Waals surface area contributed by atoms with Gasteiger partial charge in [-0.3, -0.25) is 0 Å². The molecule has 0 bridgehead atoms. The van der Waals surface area contributed by atoms with E-state index in [0.29, 0.717) is 12.3 Å². The predicted molar refractivity (Wildman–Crippen MR) is 82.7 cm³/mol. The fourth-order valence-corrected chi connectivity index (χ4v) is 4.64. The van der Waals surface area contributed by atoms with E-state index < -0.39 is 6.10 Å². The van der Waals surface area contributed by atoms with E-state index in [1.807, 2.05) is 18.2 Å². The normalized spacial score (nSPS) is 34.1. The Morgan fingerprint density at radius 2 is 2.00 bits per heavy atom. The van der Waals surface area contributed by atoms with E-state index >= 15 is 0 Å². The molecule has 0 radical (unpaired) electrons. The quantitative estimate of drug-likeness (QED) is 0.846. The zero-order chi connectivity index (χ0) is 15.3. The number of aliphatic hydroxyl groups excluding tert-OH is 1. The fourth-order valence-electron chi connectivity index (χ4n) is 4.64. The lowest BCUT2D eigenvalue weighted by molar-refractivity contribution is -0.0822. The smallest absolute Gasteiger partial charge is 0.129 e. The van der Waals surface area contributed by atoms with Crippen molar-refractivity contribution >= 4 is 0 Å². The molecule has 0 saturated heterocycles. The van der Waals surface area contributed by atoms with E-state index in [1.54, 1.807) is 7.11 Å². The van der Waals surface area contributed by atoms with Gasteiger partial charge in [0.1, 0.15) is 17.1 Å². The van der Waals surface area contributed by atoms with Gasteiger partial charge in [0.25, 0.3) is 0 Å². The largest absolute Gasteiger partial charge is 0.497 e. The molecule has 3 heteroatoms. The monoisotopic (exact) mass is 290 g/mol. The average Bonchev–Trinajstić information content (AvgIpc) is 2.34. The van der Waals surface area contributed by atoms with Crippen LogP contribution in [-0.2, 0) is 0 Å². The minimum absolute atomic E-state index is 0.236. The molecule has 1 aromatic carbocycles. The third-order valence-electron chi connectivity index (χ3n) is 4.89. The van der Waals surface area contributed by atoms with Crippen molar-refractivity contribution in [1.82, 2.24) is 0 Å². The summed E-state index contributed by atoms with van der Waals surface area (Å²) in [5, 5.41) is 10.6. The van der Waals surface area contributed by atoms with Gasteiger partial charge in [-0.2, -0.15) is 0 Å². The summed E-state index contributed by atoms with van der Waals surface area (Å²) in [6.45, 7) is 6.90. The molecule has 3 nitrogen and oxygen atoms in total. The second kappa shape index (κ2) is 4.91. The van der Waals surface area contributed by atoms with E-state index in [1.165, 1.54) is 6.42 Å². The Morgan fingerprint density at radius 3 is 2.67 bits per heavy atom. The molecule has 1 heterocycles. The van der Waals surface area contributed by atoms with Crippen LogP contribution < -0.4 is 9.47 Å². The summed E-state index contributed by atoms with van der Waals surface area (Å²) in [4.78, 5) is 0. The first-order valence-electron chi connectivity index (χ1n) is 7.88. The lowest BCUT2D eigenvalue weighted by Crippen LogP contribution is -2.49. The highest BCUT2D eigenvalue weighted by molar-refractivity contribution is 5.44. The van der Waals surface area contributed by atoms with Crippen LogP contribution in [0.15, 0.2) is 18.2 Å². The summed E-state index contributed by atoms with van der Waals surface area (Å²) in [5.41, 5.74) is 0.908. The summed E-state index contributed by atoms with van der Waals surface area (Å²) in [7, 11) is 1.66. The molecule has 3 atom stereocenters. The van der Waals surface area contributed by atoms with Crippen molar-refractivity contribution in [3.05, 3.63) is 23.8 Å².